The van der Waals surface area contributed by atoms with E-state index < -0.39 is 0 Å². The molecule has 2 unspecified atom stereocenters. The predicted molar refractivity (Wildman–Crippen MR) is 116 cm³/mol. The molecular formula is C22H24ClN5O2. The highest BCUT2D eigenvalue weighted by Gasteiger charge is 2.23. The minimum Gasteiger partial charge on any atom is -0.372 e. The van der Waals surface area contributed by atoms with E-state index in [1.807, 2.05) is 30.3 Å². The number of carbonyl (C=O) groups is 1. The Morgan fingerprint density at radius 3 is 2.63 bits per heavy atom. The molecule has 0 radical (unpaired) electrons. The van der Waals surface area contributed by atoms with E-state index in [0.29, 0.717) is 17.3 Å². The zero-order valence-electron chi connectivity index (χ0n) is 17.0. The molecule has 1 N–H and O–H groups in total. The third kappa shape index (κ3) is 4.63. The van der Waals surface area contributed by atoms with Gasteiger partial charge in [-0.05, 0) is 43.7 Å². The molecule has 0 bridgehead atoms. The number of rotatable bonds is 5. The molecule has 1 aliphatic rings. The first-order valence-corrected chi connectivity index (χ1v) is 10.3. The molecule has 1 amide bonds. The first-order chi connectivity index (χ1) is 14.5. The molecule has 7 nitrogen and oxygen atoms in total. The van der Waals surface area contributed by atoms with Crippen LogP contribution in [0.1, 0.15) is 29.9 Å². The van der Waals surface area contributed by atoms with Crippen molar-refractivity contribution >= 4 is 23.3 Å². The first kappa shape index (κ1) is 20.4. The second-order valence-corrected chi connectivity index (χ2v) is 7.87. The first-order valence-electron chi connectivity index (χ1n) is 9.93. The second kappa shape index (κ2) is 8.85. The lowest BCUT2D eigenvalue weighted by Crippen LogP contribution is -2.45. The van der Waals surface area contributed by atoms with Gasteiger partial charge in [0.15, 0.2) is 5.69 Å². The van der Waals surface area contributed by atoms with Crippen molar-refractivity contribution in [1.82, 2.24) is 20.1 Å². The van der Waals surface area contributed by atoms with Crippen molar-refractivity contribution in [2.75, 3.05) is 18.0 Å². The van der Waals surface area contributed by atoms with Crippen molar-refractivity contribution in [2.45, 2.75) is 32.6 Å². The third-order valence-corrected chi connectivity index (χ3v) is 5.25. The maximum atomic E-state index is 12.5. The highest BCUT2D eigenvalue weighted by molar-refractivity contribution is 6.32. The number of benzene rings is 1. The number of hydrogen-bond acceptors (Lipinski definition) is 5. The molecule has 2 aromatic heterocycles. The monoisotopic (exact) mass is 425 g/mol. The predicted octanol–water partition coefficient (Wildman–Crippen LogP) is 3.46. The Morgan fingerprint density at radius 1 is 1.17 bits per heavy atom. The average molecular weight is 426 g/mol. The summed E-state index contributed by atoms with van der Waals surface area (Å²) in [6, 6.07) is 13.0. The van der Waals surface area contributed by atoms with Gasteiger partial charge in [-0.3, -0.25) is 4.79 Å². The number of pyridine rings is 1. The van der Waals surface area contributed by atoms with Crippen molar-refractivity contribution in [3.8, 4) is 5.69 Å². The molecule has 3 heterocycles. The standard InChI is InChI=1S/C22H24ClN5O2/c1-15-13-27(14-16(2)30-15)21-8-7-17(11-24-21)12-25-22(29)19-9-10-28(26-19)20-6-4-3-5-18(20)23/h3-11,15-16H,12-14H2,1-2H3,(H,25,29). The SMILES string of the molecule is CC1CN(c2ccc(CNC(=O)c3ccn(-c4ccccc4Cl)n3)cn2)CC(C)O1. The van der Waals surface area contributed by atoms with Crippen molar-refractivity contribution in [3.05, 3.63) is 71.1 Å². The Morgan fingerprint density at radius 2 is 1.93 bits per heavy atom. The van der Waals surface area contributed by atoms with Crippen molar-refractivity contribution in [3.63, 3.8) is 0 Å². The highest BCUT2D eigenvalue weighted by Crippen LogP contribution is 2.20. The van der Waals surface area contributed by atoms with Crippen molar-refractivity contribution < 1.29 is 9.53 Å². The molecule has 2 atom stereocenters. The molecule has 1 saturated heterocycles. The van der Waals surface area contributed by atoms with E-state index in [0.717, 1.165) is 30.2 Å². The van der Waals surface area contributed by atoms with Crippen LogP contribution >= 0.6 is 11.6 Å². The van der Waals surface area contributed by atoms with Crippen LogP contribution in [-0.2, 0) is 11.3 Å². The fourth-order valence-electron chi connectivity index (χ4n) is 3.56. The van der Waals surface area contributed by atoms with Gasteiger partial charge in [-0.2, -0.15) is 5.10 Å². The Labute approximate surface area is 180 Å². The van der Waals surface area contributed by atoms with Gasteiger partial charge in [0.25, 0.3) is 5.91 Å². The summed E-state index contributed by atoms with van der Waals surface area (Å²) < 4.78 is 7.37. The summed E-state index contributed by atoms with van der Waals surface area (Å²) in [5, 5.41) is 7.79. The largest absolute Gasteiger partial charge is 0.372 e. The van der Waals surface area contributed by atoms with E-state index in [2.05, 4.69) is 34.1 Å². The van der Waals surface area contributed by atoms with Crippen molar-refractivity contribution in [1.29, 1.82) is 0 Å². The fourth-order valence-corrected chi connectivity index (χ4v) is 3.79. The van der Waals surface area contributed by atoms with Crippen LogP contribution in [0.5, 0.6) is 0 Å². The van der Waals surface area contributed by atoms with Crippen LogP contribution in [0, 0.1) is 0 Å². The number of nitrogens with zero attached hydrogens (tertiary/aromatic N) is 4. The van der Waals surface area contributed by atoms with Crippen molar-refractivity contribution in [2.24, 2.45) is 0 Å². The van der Waals surface area contributed by atoms with E-state index in [9.17, 15) is 4.79 Å². The minimum atomic E-state index is -0.249. The smallest absolute Gasteiger partial charge is 0.272 e. The molecule has 8 heteroatoms. The molecule has 156 valence electrons. The summed E-state index contributed by atoms with van der Waals surface area (Å²) in [5.41, 5.74) is 1.98. The van der Waals surface area contributed by atoms with Gasteiger partial charge >= 0.3 is 0 Å². The molecule has 0 aliphatic carbocycles. The van der Waals surface area contributed by atoms with Crippen LogP contribution in [0.4, 0.5) is 5.82 Å². The van der Waals surface area contributed by atoms with Gasteiger partial charge in [-0.1, -0.05) is 29.8 Å². The van der Waals surface area contributed by atoms with Crippen LogP contribution in [0.2, 0.25) is 5.02 Å². The molecule has 1 fully saturated rings. The lowest BCUT2D eigenvalue weighted by atomic mass is 10.2. The van der Waals surface area contributed by atoms with Crippen LogP contribution in [-0.4, -0.2) is 46.0 Å². The Balaban J connectivity index is 1.36. The molecule has 4 rings (SSSR count). The maximum absolute atomic E-state index is 12.5. The van der Waals surface area contributed by atoms with Gasteiger partial charge in [0.1, 0.15) is 5.82 Å². The van der Waals surface area contributed by atoms with Gasteiger partial charge in [0.2, 0.25) is 0 Å². The lowest BCUT2D eigenvalue weighted by molar-refractivity contribution is -0.00546. The Kier molecular flexibility index (Phi) is 6.01. The third-order valence-electron chi connectivity index (χ3n) is 4.93. The van der Waals surface area contributed by atoms with E-state index in [1.54, 1.807) is 29.2 Å². The average Bonchev–Trinajstić information content (AvgIpc) is 3.22. The van der Waals surface area contributed by atoms with E-state index in [4.69, 9.17) is 16.3 Å². The van der Waals surface area contributed by atoms with Gasteiger partial charge in [-0.15, -0.1) is 0 Å². The number of carbonyl (C=O) groups excluding carboxylic acids is 1. The summed E-state index contributed by atoms with van der Waals surface area (Å²) in [6.07, 6.45) is 3.87. The Hall–Kier alpha value is -2.90. The number of ether oxygens (including phenoxy) is 1. The maximum Gasteiger partial charge on any atom is 0.272 e. The van der Waals surface area contributed by atoms with Gasteiger partial charge in [-0.25, -0.2) is 9.67 Å². The summed E-state index contributed by atoms with van der Waals surface area (Å²) in [5.74, 6) is 0.672. The van der Waals surface area contributed by atoms with Crippen LogP contribution in [0.3, 0.4) is 0 Å². The van der Waals surface area contributed by atoms with Gasteiger partial charge < -0.3 is 15.0 Å². The number of anilines is 1. The molecule has 1 aliphatic heterocycles. The number of amides is 1. The van der Waals surface area contributed by atoms with E-state index in [1.165, 1.54) is 0 Å². The normalized spacial score (nSPS) is 19.0. The quantitative estimate of drug-likeness (QED) is 0.677. The zero-order chi connectivity index (χ0) is 21.1. The molecule has 0 saturated carbocycles. The van der Waals surface area contributed by atoms with Gasteiger partial charge in [0.05, 0.1) is 22.9 Å². The zero-order valence-corrected chi connectivity index (χ0v) is 17.7. The van der Waals surface area contributed by atoms with Crippen LogP contribution in [0.25, 0.3) is 5.69 Å². The summed E-state index contributed by atoms with van der Waals surface area (Å²) >= 11 is 6.19. The number of aromatic nitrogens is 3. The number of morpholine rings is 1. The molecule has 30 heavy (non-hydrogen) atoms. The Bertz CT molecular complexity index is 1010. The minimum absolute atomic E-state index is 0.181. The van der Waals surface area contributed by atoms with E-state index in [-0.39, 0.29) is 18.1 Å². The highest BCUT2D eigenvalue weighted by atomic mass is 35.5. The summed E-state index contributed by atoms with van der Waals surface area (Å²) in [7, 11) is 0. The topological polar surface area (TPSA) is 72.3 Å². The van der Waals surface area contributed by atoms with Crippen LogP contribution in [0.15, 0.2) is 54.9 Å². The number of halogens is 1. The van der Waals surface area contributed by atoms with Gasteiger partial charge in [0, 0.05) is 32.0 Å². The molecule has 0 spiro atoms. The van der Waals surface area contributed by atoms with Crippen LogP contribution < -0.4 is 10.2 Å². The molecule has 1 aromatic carbocycles. The molecular weight excluding hydrogens is 402 g/mol. The fraction of sp³-hybridized carbons (Fsp3) is 0.318. The van der Waals surface area contributed by atoms with E-state index >= 15 is 0 Å². The summed E-state index contributed by atoms with van der Waals surface area (Å²) in [4.78, 5) is 19.3. The number of para-hydroxylation sites is 1. The second-order valence-electron chi connectivity index (χ2n) is 7.47. The molecule has 3 aromatic rings. The lowest BCUT2D eigenvalue weighted by Gasteiger charge is -2.36. The number of nitrogens with one attached hydrogen (secondary N) is 1. The summed E-state index contributed by atoms with van der Waals surface area (Å²) in [6.45, 7) is 6.16. The number of hydrogen-bond donors (Lipinski definition) is 1.